The quantitative estimate of drug-likeness (QED) is 0.700. The van der Waals surface area contributed by atoms with E-state index in [4.69, 9.17) is 14.6 Å². The van der Waals surface area contributed by atoms with Gasteiger partial charge in [0.15, 0.2) is 0 Å². The van der Waals surface area contributed by atoms with Crippen molar-refractivity contribution in [1.82, 2.24) is 4.90 Å². The van der Waals surface area contributed by atoms with Gasteiger partial charge in [0, 0.05) is 23.0 Å². The van der Waals surface area contributed by atoms with E-state index in [2.05, 4.69) is 15.9 Å². The molecule has 1 spiro atoms. The van der Waals surface area contributed by atoms with E-state index >= 15 is 0 Å². The summed E-state index contributed by atoms with van der Waals surface area (Å²) in [5.74, 6) is -0.984. The van der Waals surface area contributed by atoms with Gasteiger partial charge in [0.05, 0.1) is 5.60 Å². The van der Waals surface area contributed by atoms with Crippen molar-refractivity contribution in [2.75, 3.05) is 19.7 Å². The Balaban J connectivity index is 1.35. The Kier molecular flexibility index (Phi) is 5.36. The van der Waals surface area contributed by atoms with E-state index in [0.717, 1.165) is 15.6 Å². The smallest absolute Gasteiger partial charge is 0.410 e. The summed E-state index contributed by atoms with van der Waals surface area (Å²) in [5, 5.41) is 9.05. The monoisotopic (exact) mass is 459 g/mol. The minimum Gasteiger partial charge on any atom is -0.480 e. The molecule has 4 rings (SSSR count). The molecule has 0 bridgehead atoms. The topological polar surface area (TPSA) is 76.1 Å². The van der Waals surface area contributed by atoms with Gasteiger partial charge in [-0.3, -0.25) is 0 Å². The highest BCUT2D eigenvalue weighted by atomic mass is 79.9. The normalized spacial score (nSPS) is 18.6. The van der Waals surface area contributed by atoms with Crippen LogP contribution < -0.4 is 0 Å². The summed E-state index contributed by atoms with van der Waals surface area (Å²) in [7, 11) is 0. The molecule has 1 heterocycles. The van der Waals surface area contributed by atoms with Crippen LogP contribution in [0.2, 0.25) is 0 Å². The lowest BCUT2D eigenvalue weighted by atomic mass is 9.53. The highest BCUT2D eigenvalue weighted by Gasteiger charge is 2.62. The van der Waals surface area contributed by atoms with Crippen LogP contribution in [-0.2, 0) is 26.5 Å². The number of ether oxygens (including phenoxy) is 2. The number of carbonyl (C=O) groups excluding carboxylic acids is 1. The number of carbonyl (C=O) groups is 2. The van der Waals surface area contributed by atoms with Crippen LogP contribution in [0.1, 0.15) is 24.0 Å². The second kappa shape index (κ2) is 7.80. The first kappa shape index (κ1) is 19.9. The van der Waals surface area contributed by atoms with Crippen LogP contribution >= 0.6 is 15.9 Å². The van der Waals surface area contributed by atoms with Crippen LogP contribution in [0.25, 0.3) is 0 Å². The van der Waals surface area contributed by atoms with E-state index in [1.807, 2.05) is 54.6 Å². The van der Waals surface area contributed by atoms with Crippen LogP contribution in [0, 0.1) is 5.41 Å². The van der Waals surface area contributed by atoms with Gasteiger partial charge in [-0.2, -0.15) is 0 Å². The highest BCUT2D eigenvalue weighted by Crippen LogP contribution is 2.60. The lowest BCUT2D eigenvalue weighted by Crippen LogP contribution is -2.68. The number of rotatable bonds is 6. The number of amides is 1. The van der Waals surface area contributed by atoms with Crippen molar-refractivity contribution in [3.8, 4) is 0 Å². The van der Waals surface area contributed by atoms with Crippen molar-refractivity contribution < 1.29 is 24.2 Å². The van der Waals surface area contributed by atoms with Crippen molar-refractivity contribution in [3.63, 3.8) is 0 Å². The average molecular weight is 460 g/mol. The summed E-state index contributed by atoms with van der Waals surface area (Å²) >= 11 is 3.42. The maximum absolute atomic E-state index is 12.3. The zero-order valence-electron chi connectivity index (χ0n) is 15.8. The molecule has 2 aromatic rings. The summed E-state index contributed by atoms with van der Waals surface area (Å²) in [6.07, 6.45) is 1.07. The van der Waals surface area contributed by atoms with Gasteiger partial charge in [-0.25, -0.2) is 9.59 Å². The Hall–Kier alpha value is -2.38. The Morgan fingerprint density at radius 1 is 1.03 bits per heavy atom. The van der Waals surface area contributed by atoms with Gasteiger partial charge >= 0.3 is 12.1 Å². The summed E-state index contributed by atoms with van der Waals surface area (Å²) in [6.45, 7) is 1.13. The lowest BCUT2D eigenvalue weighted by Gasteiger charge is -2.63. The lowest BCUT2D eigenvalue weighted by molar-refractivity contribution is -0.219. The largest absolute Gasteiger partial charge is 0.480 e. The second-order valence-corrected chi connectivity index (χ2v) is 8.85. The first-order chi connectivity index (χ1) is 13.9. The fraction of sp³-hybridized carbons (Fsp3) is 0.364. The van der Waals surface area contributed by atoms with Gasteiger partial charge in [-0.1, -0.05) is 58.4 Å². The van der Waals surface area contributed by atoms with Crippen molar-refractivity contribution >= 4 is 28.0 Å². The number of hydrogen-bond donors (Lipinski definition) is 1. The van der Waals surface area contributed by atoms with Crippen LogP contribution in [0.4, 0.5) is 4.79 Å². The number of carboxylic acid groups (broad SMARTS) is 1. The Morgan fingerprint density at radius 2 is 1.69 bits per heavy atom. The third kappa shape index (κ3) is 4.16. The molecule has 1 saturated heterocycles. The molecular weight excluding hydrogens is 438 g/mol. The van der Waals surface area contributed by atoms with Crippen molar-refractivity contribution in [2.24, 2.45) is 5.41 Å². The summed E-state index contributed by atoms with van der Waals surface area (Å²) < 4.78 is 12.2. The van der Waals surface area contributed by atoms with Crippen LogP contribution in [0.15, 0.2) is 59.1 Å². The molecule has 1 amide bonds. The molecule has 1 aliphatic carbocycles. The molecule has 0 radical (unpaired) electrons. The second-order valence-electron chi connectivity index (χ2n) is 7.93. The molecule has 1 N–H and O–H groups in total. The molecule has 6 nitrogen and oxygen atoms in total. The predicted octanol–water partition coefficient (Wildman–Crippen LogP) is 4.18. The number of carboxylic acids is 1. The zero-order valence-corrected chi connectivity index (χ0v) is 17.4. The van der Waals surface area contributed by atoms with E-state index in [1.165, 1.54) is 0 Å². The Bertz CT molecular complexity index is 885. The first-order valence-corrected chi connectivity index (χ1v) is 10.3. The standard InChI is InChI=1S/C22H22BrNO5/c23-18-8-6-17(7-9-18)22(29-11-19(25)26)12-21(13-22)14-24(15-21)20(27)28-10-16-4-2-1-3-5-16/h1-9H,10-15H2,(H,25,26). The van der Waals surface area contributed by atoms with Crippen LogP contribution in [-0.4, -0.2) is 41.8 Å². The third-order valence-corrected chi connectivity index (χ3v) is 6.21. The van der Waals surface area contributed by atoms with Gasteiger partial charge in [0.25, 0.3) is 0 Å². The number of benzene rings is 2. The molecule has 152 valence electrons. The first-order valence-electron chi connectivity index (χ1n) is 9.47. The van der Waals surface area contributed by atoms with Crippen LogP contribution in [0.3, 0.4) is 0 Å². The summed E-state index contributed by atoms with van der Waals surface area (Å²) in [5.41, 5.74) is 1.28. The summed E-state index contributed by atoms with van der Waals surface area (Å²) in [6, 6.07) is 17.4. The number of hydrogen-bond acceptors (Lipinski definition) is 4. The van der Waals surface area contributed by atoms with E-state index in [-0.39, 0.29) is 24.7 Å². The van der Waals surface area contributed by atoms with Crippen molar-refractivity contribution in [1.29, 1.82) is 0 Å². The van der Waals surface area contributed by atoms with Crippen molar-refractivity contribution in [2.45, 2.75) is 25.0 Å². The number of likely N-dealkylation sites (tertiary alicyclic amines) is 1. The maximum atomic E-state index is 12.3. The molecular formula is C22H22BrNO5. The number of nitrogens with zero attached hydrogens (tertiary/aromatic N) is 1. The SMILES string of the molecule is O=C(O)COC1(c2ccc(Br)cc2)CC2(CN(C(=O)OCc3ccccc3)C2)C1. The Morgan fingerprint density at radius 3 is 2.31 bits per heavy atom. The van der Waals surface area contributed by atoms with Gasteiger partial charge in [-0.05, 0) is 36.1 Å². The van der Waals surface area contributed by atoms with Gasteiger partial charge < -0.3 is 19.5 Å². The molecule has 2 aliphatic rings. The highest BCUT2D eigenvalue weighted by molar-refractivity contribution is 9.10. The third-order valence-electron chi connectivity index (χ3n) is 5.68. The molecule has 2 aromatic carbocycles. The minimum absolute atomic E-state index is 0.0304. The zero-order chi connectivity index (χ0) is 20.5. The molecule has 0 unspecified atom stereocenters. The fourth-order valence-corrected chi connectivity index (χ4v) is 4.69. The molecule has 0 aromatic heterocycles. The molecule has 7 heteroatoms. The van der Waals surface area contributed by atoms with Gasteiger partial charge in [0.1, 0.15) is 13.2 Å². The molecule has 1 saturated carbocycles. The van der Waals surface area contributed by atoms with Gasteiger partial charge in [0.2, 0.25) is 0 Å². The molecule has 0 atom stereocenters. The van der Waals surface area contributed by atoms with Crippen LogP contribution in [0.5, 0.6) is 0 Å². The fourth-order valence-electron chi connectivity index (χ4n) is 4.43. The average Bonchev–Trinajstić information content (AvgIpc) is 2.65. The van der Waals surface area contributed by atoms with E-state index < -0.39 is 11.6 Å². The minimum atomic E-state index is -0.984. The predicted molar refractivity (Wildman–Crippen MR) is 109 cm³/mol. The molecule has 1 aliphatic heterocycles. The van der Waals surface area contributed by atoms with E-state index in [1.54, 1.807) is 4.90 Å². The maximum Gasteiger partial charge on any atom is 0.410 e. The molecule has 2 fully saturated rings. The van der Waals surface area contributed by atoms with E-state index in [9.17, 15) is 9.59 Å². The number of halogens is 1. The Labute approximate surface area is 177 Å². The van der Waals surface area contributed by atoms with E-state index in [0.29, 0.717) is 25.9 Å². The molecule has 29 heavy (non-hydrogen) atoms. The van der Waals surface area contributed by atoms with Crippen molar-refractivity contribution in [3.05, 3.63) is 70.2 Å². The van der Waals surface area contributed by atoms with Gasteiger partial charge in [-0.15, -0.1) is 0 Å². The summed E-state index contributed by atoms with van der Waals surface area (Å²) in [4.78, 5) is 25.0. The number of aliphatic carboxylic acids is 1.